The van der Waals surface area contributed by atoms with Crippen molar-refractivity contribution in [3.8, 4) is 72.6 Å². The number of aromatic nitrogens is 1. The largest absolute Gasteiger partial charge is 0.311 e. The van der Waals surface area contributed by atoms with Crippen LogP contribution in [0.15, 0.2) is 285 Å². The van der Waals surface area contributed by atoms with Crippen LogP contribution in [0.1, 0.15) is 5.56 Å². The van der Waals surface area contributed by atoms with Crippen molar-refractivity contribution >= 4 is 49.5 Å². The molecule has 0 aliphatic carbocycles. The van der Waals surface area contributed by atoms with Crippen molar-refractivity contribution in [1.82, 2.24) is 4.57 Å². The number of hydrogen-bond donors (Lipinski definition) is 0. The van der Waals surface area contributed by atoms with Crippen LogP contribution in [0, 0.1) is 6.92 Å². The third-order valence-electron chi connectivity index (χ3n) is 14.6. The summed E-state index contributed by atoms with van der Waals surface area (Å²) in [5.41, 5.74) is 21.3. The lowest BCUT2D eigenvalue weighted by Crippen LogP contribution is -2.09. The molecule has 0 bridgehead atoms. The van der Waals surface area contributed by atoms with Crippen LogP contribution in [-0.4, -0.2) is 4.57 Å². The molecule has 0 saturated carbocycles. The van der Waals surface area contributed by atoms with Crippen LogP contribution in [0.4, 0.5) is 17.1 Å². The van der Waals surface area contributed by atoms with E-state index in [1.807, 2.05) is 0 Å². The monoisotopic (exact) mass is 930 g/mol. The van der Waals surface area contributed by atoms with Gasteiger partial charge in [-0.2, -0.15) is 0 Å². The Labute approximate surface area is 427 Å². The lowest BCUT2D eigenvalue weighted by atomic mass is 9.96. The third-order valence-corrected chi connectivity index (χ3v) is 14.6. The van der Waals surface area contributed by atoms with Gasteiger partial charge >= 0.3 is 0 Å². The van der Waals surface area contributed by atoms with Crippen LogP contribution >= 0.6 is 0 Å². The summed E-state index contributed by atoms with van der Waals surface area (Å²) >= 11 is 0. The molecular formula is C71H50N2. The van der Waals surface area contributed by atoms with E-state index >= 15 is 0 Å². The number of anilines is 3. The molecule has 0 unspecified atom stereocenters. The zero-order chi connectivity index (χ0) is 48.7. The molecule has 0 atom stereocenters. The Morgan fingerprint density at radius 3 is 0.904 bits per heavy atom. The minimum atomic E-state index is 1.08. The Hall–Kier alpha value is -9.50. The van der Waals surface area contributed by atoms with Crippen molar-refractivity contribution in [3.63, 3.8) is 0 Å². The Morgan fingerprint density at radius 2 is 0.521 bits per heavy atom. The molecular weight excluding hydrogens is 881 g/mol. The fourth-order valence-electron chi connectivity index (χ4n) is 11.0. The van der Waals surface area contributed by atoms with Gasteiger partial charge in [-0.25, -0.2) is 0 Å². The number of hydrogen-bond acceptors (Lipinski definition) is 1. The molecule has 2 heteroatoms. The van der Waals surface area contributed by atoms with E-state index in [0.29, 0.717) is 0 Å². The van der Waals surface area contributed by atoms with Crippen molar-refractivity contribution in [3.05, 3.63) is 291 Å². The lowest BCUT2D eigenvalue weighted by molar-refractivity contribution is 1.13. The molecule has 344 valence electrons. The first-order valence-corrected chi connectivity index (χ1v) is 25.2. The predicted molar refractivity (Wildman–Crippen MR) is 310 cm³/mol. The average molecular weight is 931 g/mol. The molecule has 0 aliphatic rings. The topological polar surface area (TPSA) is 8.17 Å². The van der Waals surface area contributed by atoms with E-state index < -0.39 is 0 Å². The summed E-state index contributed by atoms with van der Waals surface area (Å²) in [6, 6.07) is 104. The molecule has 12 aromatic carbocycles. The number of fused-ring (bicyclic) bond motifs is 6. The van der Waals surface area contributed by atoms with Gasteiger partial charge in [-0.05, 0) is 138 Å². The quantitative estimate of drug-likeness (QED) is 0.124. The molecule has 0 amide bonds. The molecule has 13 aromatic rings. The van der Waals surface area contributed by atoms with E-state index in [4.69, 9.17) is 0 Å². The summed E-state index contributed by atoms with van der Waals surface area (Å²) in [6.45, 7) is 2.29. The minimum absolute atomic E-state index is 1.08. The van der Waals surface area contributed by atoms with Crippen molar-refractivity contribution in [2.24, 2.45) is 0 Å². The Kier molecular flexibility index (Phi) is 11.1. The number of aryl methyl sites for hydroxylation is 1. The maximum Gasteiger partial charge on any atom is 0.0622 e. The lowest BCUT2D eigenvalue weighted by Gasteiger charge is -2.26. The summed E-state index contributed by atoms with van der Waals surface area (Å²) < 4.78 is 2.50. The van der Waals surface area contributed by atoms with Crippen molar-refractivity contribution < 1.29 is 0 Å². The first-order valence-electron chi connectivity index (χ1n) is 25.2. The van der Waals surface area contributed by atoms with Gasteiger partial charge in [-0.3, -0.25) is 0 Å². The second-order valence-corrected chi connectivity index (χ2v) is 18.9. The summed E-state index contributed by atoms with van der Waals surface area (Å²) in [5.74, 6) is 0. The Balaban J connectivity index is 0.852. The van der Waals surface area contributed by atoms with Gasteiger partial charge in [0, 0.05) is 33.5 Å². The van der Waals surface area contributed by atoms with Crippen LogP contribution in [0.3, 0.4) is 0 Å². The van der Waals surface area contributed by atoms with Crippen LogP contribution < -0.4 is 4.90 Å². The zero-order valence-electron chi connectivity index (χ0n) is 40.5. The minimum Gasteiger partial charge on any atom is -0.311 e. The standard InChI is InChI=1S/C71H50N2/c1-49-69-67-23-13-11-21-65(67)66-22-12-14-24-68(66)71(69)73(70(49)60-19-9-4-10-20-60)64-47-39-59(40-48-64)58-37-45-63(46-38-58)72(61-41-33-56(34-42-61)54-29-25-52(26-30-54)50-15-5-2-6-16-50)62-43-35-57(36-44-62)55-31-27-53(28-32-55)51-17-7-3-8-18-51/h2-48H,1H3. The molecule has 0 fully saturated rings. The van der Waals surface area contributed by atoms with Gasteiger partial charge in [0.2, 0.25) is 0 Å². The molecule has 0 radical (unpaired) electrons. The van der Waals surface area contributed by atoms with Gasteiger partial charge in [-0.15, -0.1) is 0 Å². The Bertz CT molecular complexity index is 3920. The summed E-state index contributed by atoms with van der Waals surface area (Å²) in [6.07, 6.45) is 0. The van der Waals surface area contributed by atoms with Gasteiger partial charge in [-0.1, -0.05) is 237 Å². The normalized spacial score (nSPS) is 11.4. The molecule has 0 aliphatic heterocycles. The molecule has 2 nitrogen and oxygen atoms in total. The van der Waals surface area contributed by atoms with Crippen molar-refractivity contribution in [2.45, 2.75) is 6.92 Å². The number of rotatable bonds is 10. The number of benzene rings is 12. The fourth-order valence-corrected chi connectivity index (χ4v) is 11.0. The van der Waals surface area contributed by atoms with Crippen molar-refractivity contribution in [1.29, 1.82) is 0 Å². The van der Waals surface area contributed by atoms with Crippen LogP contribution in [0.5, 0.6) is 0 Å². The van der Waals surface area contributed by atoms with Gasteiger partial charge in [0.05, 0.1) is 11.2 Å². The molecule has 13 rings (SSSR count). The van der Waals surface area contributed by atoms with E-state index in [2.05, 4.69) is 302 Å². The first-order chi connectivity index (χ1) is 36.1. The number of nitrogens with zero attached hydrogens (tertiary/aromatic N) is 2. The first kappa shape index (κ1) is 43.5. The molecule has 0 N–H and O–H groups in total. The van der Waals surface area contributed by atoms with E-state index in [1.165, 1.54) is 93.8 Å². The van der Waals surface area contributed by atoms with E-state index in [-0.39, 0.29) is 0 Å². The maximum absolute atomic E-state index is 2.50. The van der Waals surface area contributed by atoms with E-state index in [9.17, 15) is 0 Å². The fraction of sp³-hybridized carbons (Fsp3) is 0.0141. The second-order valence-electron chi connectivity index (χ2n) is 18.9. The predicted octanol–water partition coefficient (Wildman–Crippen LogP) is 19.7. The van der Waals surface area contributed by atoms with E-state index in [0.717, 1.165) is 33.9 Å². The van der Waals surface area contributed by atoms with Gasteiger partial charge in [0.1, 0.15) is 0 Å². The van der Waals surface area contributed by atoms with Crippen molar-refractivity contribution in [2.75, 3.05) is 4.90 Å². The molecule has 0 saturated heterocycles. The van der Waals surface area contributed by atoms with Gasteiger partial charge < -0.3 is 9.47 Å². The highest BCUT2D eigenvalue weighted by atomic mass is 15.1. The Morgan fingerprint density at radius 1 is 0.247 bits per heavy atom. The molecule has 1 heterocycles. The molecule has 1 aromatic heterocycles. The molecule has 73 heavy (non-hydrogen) atoms. The van der Waals surface area contributed by atoms with E-state index in [1.54, 1.807) is 0 Å². The van der Waals surface area contributed by atoms with Crippen LogP contribution in [0.2, 0.25) is 0 Å². The second kappa shape index (κ2) is 18.7. The van der Waals surface area contributed by atoms with Crippen LogP contribution in [0.25, 0.3) is 105 Å². The summed E-state index contributed by atoms with van der Waals surface area (Å²) in [7, 11) is 0. The highest BCUT2D eigenvalue weighted by Gasteiger charge is 2.22. The summed E-state index contributed by atoms with van der Waals surface area (Å²) in [4.78, 5) is 2.36. The SMILES string of the molecule is Cc1c(-c2ccccc2)n(-c2ccc(-c3ccc(N(c4ccc(-c5ccc(-c6ccccc6)cc5)cc4)c4ccc(-c5ccc(-c6ccccc6)cc5)cc4)cc3)cc2)c2c3ccccc3c3ccccc3c12. The third kappa shape index (κ3) is 8.06. The average Bonchev–Trinajstić information content (AvgIpc) is 3.79. The smallest absolute Gasteiger partial charge is 0.0622 e. The highest BCUT2D eigenvalue weighted by Crippen LogP contribution is 2.45. The highest BCUT2D eigenvalue weighted by molar-refractivity contribution is 6.27. The van der Waals surface area contributed by atoms with Crippen LogP contribution in [-0.2, 0) is 0 Å². The molecule has 0 spiro atoms. The maximum atomic E-state index is 2.50. The summed E-state index contributed by atoms with van der Waals surface area (Å²) in [5, 5.41) is 6.39. The zero-order valence-corrected chi connectivity index (χ0v) is 40.5. The van der Waals surface area contributed by atoms with Gasteiger partial charge in [0.15, 0.2) is 0 Å². The van der Waals surface area contributed by atoms with Gasteiger partial charge in [0.25, 0.3) is 0 Å².